The van der Waals surface area contributed by atoms with Crippen LogP contribution in [0.2, 0.25) is 0 Å². The zero-order valence-electron chi connectivity index (χ0n) is 11.4. The van der Waals surface area contributed by atoms with E-state index in [0.29, 0.717) is 16.0 Å². The smallest absolute Gasteiger partial charge is 0.194 e. The number of aryl methyl sites for hydroxylation is 1. The van der Waals surface area contributed by atoms with Crippen LogP contribution >= 0.6 is 0 Å². The molecule has 4 heteroatoms. The molecule has 0 bridgehead atoms. The molecule has 0 aliphatic carbocycles. The number of hydrogen-bond donors (Lipinski definition) is 0. The SMILES string of the molecule is CCc1ccc(S(C)=O)c(C(=O)c2ccc(F)cc2)c1. The second kappa shape index (κ2) is 6.09. The molecule has 104 valence electrons. The number of hydrogen-bond acceptors (Lipinski definition) is 2. The molecule has 0 saturated carbocycles. The zero-order chi connectivity index (χ0) is 14.7. The Morgan fingerprint density at radius 3 is 2.35 bits per heavy atom. The molecule has 0 heterocycles. The van der Waals surface area contributed by atoms with Gasteiger partial charge in [-0.2, -0.15) is 0 Å². The normalized spacial score (nSPS) is 12.2. The first kappa shape index (κ1) is 14.6. The lowest BCUT2D eigenvalue weighted by molar-refractivity contribution is 0.103. The second-order valence-corrected chi connectivity index (χ2v) is 5.82. The molecule has 20 heavy (non-hydrogen) atoms. The van der Waals surface area contributed by atoms with Crippen molar-refractivity contribution in [3.8, 4) is 0 Å². The summed E-state index contributed by atoms with van der Waals surface area (Å²) in [6.45, 7) is 1.99. The van der Waals surface area contributed by atoms with Gasteiger partial charge in [-0.15, -0.1) is 0 Å². The molecule has 0 fully saturated rings. The Bertz CT molecular complexity index is 663. The molecule has 0 aliphatic heterocycles. The maximum atomic E-state index is 12.9. The number of carbonyl (C=O) groups excluding carboxylic acids is 1. The molecule has 0 saturated heterocycles. The highest BCUT2D eigenvalue weighted by molar-refractivity contribution is 7.84. The van der Waals surface area contributed by atoms with Crippen LogP contribution in [-0.4, -0.2) is 16.2 Å². The maximum absolute atomic E-state index is 12.9. The van der Waals surface area contributed by atoms with Gasteiger partial charge >= 0.3 is 0 Å². The first-order chi connectivity index (χ1) is 9.52. The molecule has 0 N–H and O–H groups in total. The van der Waals surface area contributed by atoms with Crippen LogP contribution < -0.4 is 0 Å². The van der Waals surface area contributed by atoms with E-state index in [-0.39, 0.29) is 11.6 Å². The summed E-state index contributed by atoms with van der Waals surface area (Å²) in [4.78, 5) is 13.0. The third-order valence-electron chi connectivity index (χ3n) is 3.11. The highest BCUT2D eigenvalue weighted by Crippen LogP contribution is 2.20. The van der Waals surface area contributed by atoms with Crippen LogP contribution in [0.3, 0.4) is 0 Å². The molecular weight excluding hydrogens is 275 g/mol. The average Bonchev–Trinajstić information content (AvgIpc) is 2.46. The number of carbonyl (C=O) groups is 1. The Morgan fingerprint density at radius 2 is 1.80 bits per heavy atom. The molecular formula is C16H15FO2S. The Kier molecular flexibility index (Phi) is 4.45. The van der Waals surface area contributed by atoms with E-state index in [1.807, 2.05) is 13.0 Å². The quantitative estimate of drug-likeness (QED) is 0.809. The first-order valence-corrected chi connectivity index (χ1v) is 7.85. The molecule has 0 aliphatic rings. The molecule has 0 amide bonds. The van der Waals surface area contributed by atoms with Gasteiger partial charge in [0.25, 0.3) is 0 Å². The molecule has 1 unspecified atom stereocenters. The summed E-state index contributed by atoms with van der Waals surface area (Å²) in [5.41, 5.74) is 1.83. The van der Waals surface area contributed by atoms with Gasteiger partial charge in [0.2, 0.25) is 0 Å². The number of ketones is 1. The fraction of sp³-hybridized carbons (Fsp3) is 0.188. The number of rotatable bonds is 4. The van der Waals surface area contributed by atoms with Crippen molar-refractivity contribution in [2.24, 2.45) is 0 Å². The van der Waals surface area contributed by atoms with E-state index in [1.54, 1.807) is 18.4 Å². The lowest BCUT2D eigenvalue weighted by Gasteiger charge is -2.09. The van der Waals surface area contributed by atoms with E-state index in [2.05, 4.69) is 0 Å². The van der Waals surface area contributed by atoms with Crippen molar-refractivity contribution in [1.29, 1.82) is 0 Å². The Labute approximate surface area is 120 Å². The lowest BCUT2D eigenvalue weighted by atomic mass is 10.0. The fourth-order valence-electron chi connectivity index (χ4n) is 1.98. The van der Waals surface area contributed by atoms with Crippen LogP contribution in [0.1, 0.15) is 28.4 Å². The van der Waals surface area contributed by atoms with Crippen LogP contribution in [0.5, 0.6) is 0 Å². The summed E-state index contributed by atoms with van der Waals surface area (Å²) in [6.07, 6.45) is 2.34. The molecule has 1 atom stereocenters. The second-order valence-electron chi connectivity index (χ2n) is 4.47. The van der Waals surface area contributed by atoms with Gasteiger partial charge in [-0.25, -0.2) is 4.39 Å². The van der Waals surface area contributed by atoms with Gasteiger partial charge in [-0.1, -0.05) is 13.0 Å². The lowest BCUT2D eigenvalue weighted by Crippen LogP contribution is -2.07. The van der Waals surface area contributed by atoms with E-state index in [4.69, 9.17) is 0 Å². The highest BCUT2D eigenvalue weighted by Gasteiger charge is 2.16. The van der Waals surface area contributed by atoms with Gasteiger partial charge in [-0.3, -0.25) is 9.00 Å². The van der Waals surface area contributed by atoms with E-state index >= 15 is 0 Å². The van der Waals surface area contributed by atoms with E-state index in [1.165, 1.54) is 24.3 Å². The van der Waals surface area contributed by atoms with Gasteiger partial charge in [0.1, 0.15) is 5.82 Å². The summed E-state index contributed by atoms with van der Waals surface area (Å²) in [6, 6.07) is 10.8. The fourth-order valence-corrected chi connectivity index (χ4v) is 2.70. The average molecular weight is 290 g/mol. The minimum absolute atomic E-state index is 0.231. The molecule has 0 radical (unpaired) electrons. The summed E-state index contributed by atoms with van der Waals surface area (Å²) in [5.74, 6) is -0.617. The predicted molar refractivity (Wildman–Crippen MR) is 78.0 cm³/mol. The maximum Gasteiger partial charge on any atom is 0.194 e. The predicted octanol–water partition coefficient (Wildman–Crippen LogP) is 3.36. The van der Waals surface area contributed by atoms with Gasteiger partial charge in [0.05, 0.1) is 10.8 Å². The minimum atomic E-state index is -1.24. The summed E-state index contributed by atoms with van der Waals surface area (Å²) in [7, 11) is -1.24. The van der Waals surface area contributed by atoms with Gasteiger partial charge in [0.15, 0.2) is 5.78 Å². The van der Waals surface area contributed by atoms with Crippen LogP contribution in [0.15, 0.2) is 47.4 Å². The van der Waals surface area contributed by atoms with Gasteiger partial charge < -0.3 is 0 Å². The van der Waals surface area contributed by atoms with E-state index < -0.39 is 10.8 Å². The zero-order valence-corrected chi connectivity index (χ0v) is 12.2. The molecule has 0 aromatic heterocycles. The van der Waals surface area contributed by atoms with Crippen LogP contribution in [0.4, 0.5) is 4.39 Å². The van der Waals surface area contributed by atoms with Crippen LogP contribution in [0, 0.1) is 5.82 Å². The Hall–Kier alpha value is -1.81. The van der Waals surface area contributed by atoms with Crippen molar-refractivity contribution in [3.05, 3.63) is 65.0 Å². The van der Waals surface area contributed by atoms with E-state index in [0.717, 1.165) is 12.0 Å². The first-order valence-electron chi connectivity index (χ1n) is 6.29. The van der Waals surface area contributed by atoms with E-state index in [9.17, 15) is 13.4 Å². The molecule has 2 aromatic carbocycles. The van der Waals surface area contributed by atoms with Crippen molar-refractivity contribution in [1.82, 2.24) is 0 Å². The highest BCUT2D eigenvalue weighted by atomic mass is 32.2. The largest absolute Gasteiger partial charge is 0.289 e. The summed E-state index contributed by atoms with van der Waals surface area (Å²) < 4.78 is 24.7. The third kappa shape index (κ3) is 3.02. The van der Waals surface area contributed by atoms with Crippen LogP contribution in [-0.2, 0) is 17.2 Å². The molecule has 2 aromatic rings. The number of benzene rings is 2. The third-order valence-corrected chi connectivity index (χ3v) is 4.09. The standard InChI is InChI=1S/C16H15FO2S/c1-3-11-4-9-15(20(2)19)14(10-11)16(18)12-5-7-13(17)8-6-12/h4-10H,3H2,1-2H3. The van der Waals surface area contributed by atoms with Crippen molar-refractivity contribution in [3.63, 3.8) is 0 Å². The van der Waals surface area contributed by atoms with Gasteiger partial charge in [0, 0.05) is 22.3 Å². The number of halogens is 1. The minimum Gasteiger partial charge on any atom is -0.289 e. The van der Waals surface area contributed by atoms with Crippen molar-refractivity contribution in [2.75, 3.05) is 6.26 Å². The molecule has 2 nitrogen and oxygen atoms in total. The Balaban J connectivity index is 2.52. The Morgan fingerprint density at radius 1 is 1.15 bits per heavy atom. The van der Waals surface area contributed by atoms with Crippen molar-refractivity contribution >= 4 is 16.6 Å². The topological polar surface area (TPSA) is 34.1 Å². The summed E-state index contributed by atoms with van der Waals surface area (Å²) >= 11 is 0. The van der Waals surface area contributed by atoms with Crippen LogP contribution in [0.25, 0.3) is 0 Å². The molecule has 2 rings (SSSR count). The summed E-state index contributed by atoms with van der Waals surface area (Å²) in [5, 5.41) is 0. The van der Waals surface area contributed by atoms with Crippen molar-refractivity contribution < 1.29 is 13.4 Å². The monoisotopic (exact) mass is 290 g/mol. The van der Waals surface area contributed by atoms with Gasteiger partial charge in [-0.05, 0) is 48.4 Å². The van der Waals surface area contributed by atoms with Crippen molar-refractivity contribution in [2.45, 2.75) is 18.2 Å². The molecule has 0 spiro atoms.